The van der Waals surface area contributed by atoms with Gasteiger partial charge < -0.3 is 15.0 Å². The molecule has 0 amide bonds. The number of anilines is 3. The highest BCUT2D eigenvalue weighted by atomic mass is 35.5. The van der Waals surface area contributed by atoms with Crippen LogP contribution >= 0.6 is 22.9 Å². The molecule has 0 aliphatic heterocycles. The Balaban J connectivity index is 1.54. The van der Waals surface area contributed by atoms with Gasteiger partial charge >= 0.3 is 5.97 Å². The van der Waals surface area contributed by atoms with Crippen LogP contribution < -0.4 is 10.2 Å². The zero-order chi connectivity index (χ0) is 21.8. The van der Waals surface area contributed by atoms with Gasteiger partial charge in [0.15, 0.2) is 5.82 Å². The van der Waals surface area contributed by atoms with E-state index in [0.29, 0.717) is 30.5 Å². The predicted octanol–water partition coefficient (Wildman–Crippen LogP) is 4.69. The van der Waals surface area contributed by atoms with Gasteiger partial charge in [0.05, 0.1) is 28.9 Å². The van der Waals surface area contributed by atoms with Gasteiger partial charge in [0.25, 0.3) is 0 Å². The average Bonchev–Trinajstić information content (AvgIpc) is 3.17. The molecule has 3 aromatic heterocycles. The molecule has 4 rings (SSSR count). The van der Waals surface area contributed by atoms with Crippen LogP contribution in [0.5, 0.6) is 0 Å². The van der Waals surface area contributed by atoms with Crippen LogP contribution in [0.3, 0.4) is 0 Å². The summed E-state index contributed by atoms with van der Waals surface area (Å²) in [5.74, 6) is 0.725. The normalized spacial score (nSPS) is 10.8. The van der Waals surface area contributed by atoms with Crippen LogP contribution in [-0.4, -0.2) is 39.6 Å². The fourth-order valence-corrected chi connectivity index (χ4v) is 4.18. The van der Waals surface area contributed by atoms with Crippen molar-refractivity contribution in [3.8, 4) is 0 Å². The predicted molar refractivity (Wildman–Crippen MR) is 122 cm³/mol. The summed E-state index contributed by atoms with van der Waals surface area (Å²) in [5, 5.41) is 3.49. The molecular formula is C21H19ClN6O2S. The Kier molecular flexibility index (Phi) is 6.24. The van der Waals surface area contributed by atoms with Crippen molar-refractivity contribution in [2.24, 2.45) is 0 Å². The number of ether oxygens (including phenoxy) is 1. The number of fused-ring (bicyclic) bond motifs is 1. The van der Waals surface area contributed by atoms with Crippen molar-refractivity contribution >= 4 is 56.6 Å². The minimum Gasteiger partial charge on any atom is -0.462 e. The number of nitrogens with one attached hydrogen (secondary N) is 1. The molecule has 0 radical (unpaired) electrons. The molecule has 0 spiro atoms. The van der Waals surface area contributed by atoms with Gasteiger partial charge in [-0.2, -0.15) is 4.98 Å². The number of thiophene rings is 1. The summed E-state index contributed by atoms with van der Waals surface area (Å²) >= 11 is 7.71. The highest BCUT2D eigenvalue weighted by Gasteiger charge is 2.15. The second-order valence-electron chi connectivity index (χ2n) is 6.61. The van der Waals surface area contributed by atoms with Crippen LogP contribution in [0.25, 0.3) is 10.2 Å². The first-order valence-electron chi connectivity index (χ1n) is 9.52. The topological polar surface area (TPSA) is 93.1 Å². The SMILES string of the molecule is CCOC(=O)c1cnc(N(C)Cc2cc3nc(Cl)nc(Nc4ccccc4)c3s2)nc1. The van der Waals surface area contributed by atoms with E-state index in [-0.39, 0.29) is 5.28 Å². The Morgan fingerprint density at radius 3 is 2.65 bits per heavy atom. The van der Waals surface area contributed by atoms with Gasteiger partial charge in [-0.25, -0.2) is 19.7 Å². The van der Waals surface area contributed by atoms with Gasteiger partial charge in [-0.05, 0) is 36.7 Å². The van der Waals surface area contributed by atoms with Crippen LogP contribution in [0, 0.1) is 0 Å². The van der Waals surface area contributed by atoms with Crippen LogP contribution in [0.15, 0.2) is 48.8 Å². The lowest BCUT2D eigenvalue weighted by atomic mass is 10.3. The molecule has 10 heteroatoms. The van der Waals surface area contributed by atoms with E-state index in [1.165, 1.54) is 12.4 Å². The van der Waals surface area contributed by atoms with Crippen LogP contribution in [0.4, 0.5) is 17.5 Å². The Bertz CT molecular complexity index is 1200. The molecule has 0 saturated heterocycles. The smallest absolute Gasteiger partial charge is 0.341 e. The second kappa shape index (κ2) is 9.23. The molecule has 8 nitrogen and oxygen atoms in total. The maximum Gasteiger partial charge on any atom is 0.341 e. The Morgan fingerprint density at radius 2 is 1.94 bits per heavy atom. The number of hydrogen-bond acceptors (Lipinski definition) is 9. The minimum atomic E-state index is -0.435. The first-order chi connectivity index (χ1) is 15.0. The first kappa shape index (κ1) is 21.0. The number of para-hydroxylation sites is 1. The Hall–Kier alpha value is -3.30. The number of nitrogens with zero attached hydrogens (tertiary/aromatic N) is 5. The lowest BCUT2D eigenvalue weighted by molar-refractivity contribution is 0.0525. The zero-order valence-electron chi connectivity index (χ0n) is 16.9. The molecule has 4 aromatic rings. The average molecular weight is 455 g/mol. The van der Waals surface area contributed by atoms with E-state index in [0.717, 1.165) is 20.8 Å². The van der Waals surface area contributed by atoms with Crippen LogP contribution in [0.1, 0.15) is 22.2 Å². The van der Waals surface area contributed by atoms with Crippen LogP contribution in [0.2, 0.25) is 5.28 Å². The second-order valence-corrected chi connectivity index (χ2v) is 8.08. The molecule has 1 aromatic carbocycles. The van der Waals surface area contributed by atoms with E-state index in [1.54, 1.807) is 18.3 Å². The van der Waals surface area contributed by atoms with E-state index >= 15 is 0 Å². The third kappa shape index (κ3) is 4.89. The molecular weight excluding hydrogens is 436 g/mol. The number of carbonyl (C=O) groups excluding carboxylic acids is 1. The van der Waals surface area contributed by atoms with Gasteiger partial charge in [0.1, 0.15) is 0 Å². The largest absolute Gasteiger partial charge is 0.462 e. The lowest BCUT2D eigenvalue weighted by Gasteiger charge is -2.15. The summed E-state index contributed by atoms with van der Waals surface area (Å²) in [6, 6.07) is 11.7. The van der Waals surface area contributed by atoms with E-state index in [9.17, 15) is 4.79 Å². The van der Waals surface area contributed by atoms with Crippen molar-refractivity contribution in [3.63, 3.8) is 0 Å². The molecule has 1 N–H and O–H groups in total. The van der Waals surface area contributed by atoms with Gasteiger partial charge in [-0.15, -0.1) is 11.3 Å². The maximum atomic E-state index is 11.8. The number of hydrogen-bond donors (Lipinski definition) is 1. The summed E-state index contributed by atoms with van der Waals surface area (Å²) in [4.78, 5) is 32.0. The Labute approximate surface area is 187 Å². The van der Waals surface area contributed by atoms with Crippen molar-refractivity contribution in [2.75, 3.05) is 23.9 Å². The summed E-state index contributed by atoms with van der Waals surface area (Å²) in [6.45, 7) is 2.62. The van der Waals surface area contributed by atoms with E-state index in [2.05, 4.69) is 25.3 Å². The third-order valence-corrected chi connectivity index (χ3v) is 5.60. The molecule has 158 valence electrons. The van der Waals surface area contributed by atoms with Crippen molar-refractivity contribution < 1.29 is 9.53 Å². The number of halogens is 1. The molecule has 0 fully saturated rings. The van der Waals surface area contributed by atoms with E-state index in [1.807, 2.05) is 48.3 Å². The molecule has 3 heterocycles. The molecule has 0 aliphatic carbocycles. The number of benzene rings is 1. The quantitative estimate of drug-likeness (QED) is 0.317. The zero-order valence-corrected chi connectivity index (χ0v) is 18.4. The number of aromatic nitrogens is 4. The summed E-state index contributed by atoms with van der Waals surface area (Å²) in [7, 11) is 1.88. The molecule has 0 atom stereocenters. The Morgan fingerprint density at radius 1 is 1.19 bits per heavy atom. The molecule has 0 unspecified atom stereocenters. The lowest BCUT2D eigenvalue weighted by Crippen LogP contribution is -2.19. The fraction of sp³-hybridized carbons (Fsp3) is 0.190. The molecule has 0 bridgehead atoms. The van der Waals surface area contributed by atoms with Crippen molar-refractivity contribution in [1.82, 2.24) is 19.9 Å². The number of rotatable bonds is 7. The number of carbonyl (C=O) groups is 1. The van der Waals surface area contributed by atoms with Crippen LogP contribution in [-0.2, 0) is 11.3 Å². The highest BCUT2D eigenvalue weighted by Crippen LogP contribution is 2.33. The van der Waals surface area contributed by atoms with Gasteiger partial charge in [-0.3, -0.25) is 0 Å². The third-order valence-electron chi connectivity index (χ3n) is 4.32. The summed E-state index contributed by atoms with van der Waals surface area (Å²) in [5.41, 5.74) is 2.01. The maximum absolute atomic E-state index is 11.8. The standard InChI is InChI=1S/C21H19ClN6O2S/c1-3-30-19(29)13-10-23-21(24-11-13)28(2)12-15-9-16-17(31-15)18(27-20(22)26-16)25-14-7-5-4-6-8-14/h4-11H,3,12H2,1-2H3,(H,25,26,27). The van der Waals surface area contributed by atoms with Gasteiger partial charge in [0.2, 0.25) is 11.2 Å². The number of esters is 1. The monoisotopic (exact) mass is 454 g/mol. The highest BCUT2D eigenvalue weighted by molar-refractivity contribution is 7.19. The van der Waals surface area contributed by atoms with Crippen molar-refractivity contribution in [3.05, 3.63) is 64.5 Å². The fourth-order valence-electron chi connectivity index (χ4n) is 2.91. The summed E-state index contributed by atoms with van der Waals surface area (Å²) in [6.07, 6.45) is 2.93. The minimum absolute atomic E-state index is 0.182. The van der Waals surface area contributed by atoms with E-state index in [4.69, 9.17) is 16.3 Å². The summed E-state index contributed by atoms with van der Waals surface area (Å²) < 4.78 is 5.87. The molecule has 0 aliphatic rings. The van der Waals surface area contributed by atoms with Crippen molar-refractivity contribution in [1.29, 1.82) is 0 Å². The van der Waals surface area contributed by atoms with Crippen molar-refractivity contribution in [2.45, 2.75) is 13.5 Å². The molecule has 31 heavy (non-hydrogen) atoms. The van der Waals surface area contributed by atoms with Gasteiger partial charge in [-0.1, -0.05) is 18.2 Å². The molecule has 0 saturated carbocycles. The van der Waals surface area contributed by atoms with E-state index < -0.39 is 5.97 Å². The first-order valence-corrected chi connectivity index (χ1v) is 10.7. The van der Waals surface area contributed by atoms with Gasteiger partial charge in [0, 0.05) is 30.0 Å².